The number of likely N-dealkylation sites (tertiary alicyclic amines) is 1. The van der Waals surface area contributed by atoms with Crippen LogP contribution in [-0.4, -0.2) is 106 Å². The number of hydrogen-bond acceptors (Lipinski definition) is 11. The van der Waals surface area contributed by atoms with Gasteiger partial charge in [-0.2, -0.15) is 4.31 Å². The highest BCUT2D eigenvalue weighted by Crippen LogP contribution is 2.48. The molecule has 0 aliphatic carbocycles. The van der Waals surface area contributed by atoms with Gasteiger partial charge >= 0.3 is 12.0 Å². The largest absolute Gasteiger partial charge is 0.481 e. The third-order valence-corrected chi connectivity index (χ3v) is 17.5. The monoisotopic (exact) mass is 788 g/mol. The summed E-state index contributed by atoms with van der Waals surface area (Å²) in [6, 6.07) is 7.80. The molecular formula is C36H52N6O8S2Si. The van der Waals surface area contributed by atoms with E-state index in [1.807, 2.05) is 0 Å². The molecule has 1 atom stereocenters. The fourth-order valence-corrected chi connectivity index (χ4v) is 9.64. The Morgan fingerprint density at radius 2 is 1.75 bits per heavy atom. The fraction of sp³-hybridized carbons (Fsp3) is 0.583. The number of carbonyl (C=O) groups is 3. The highest BCUT2D eigenvalue weighted by molar-refractivity contribution is 7.89. The van der Waals surface area contributed by atoms with Crippen molar-refractivity contribution in [2.75, 3.05) is 56.7 Å². The van der Waals surface area contributed by atoms with Crippen molar-refractivity contribution in [2.45, 2.75) is 95.4 Å². The van der Waals surface area contributed by atoms with Gasteiger partial charge in [-0.15, -0.1) is 0 Å². The minimum Gasteiger partial charge on any atom is -0.481 e. The number of esters is 1. The molecule has 1 aromatic carbocycles. The van der Waals surface area contributed by atoms with Crippen molar-refractivity contribution >= 4 is 68.8 Å². The van der Waals surface area contributed by atoms with Crippen LogP contribution in [0, 0.1) is 0 Å². The molecule has 1 unspecified atom stereocenters. The van der Waals surface area contributed by atoms with Gasteiger partial charge in [-0.05, 0) is 75.2 Å². The molecular weight excluding hydrogens is 737 g/mol. The number of hydrogen-bond donors (Lipinski definition) is 1. The van der Waals surface area contributed by atoms with Crippen molar-refractivity contribution in [1.29, 1.82) is 0 Å². The number of anilines is 2. The van der Waals surface area contributed by atoms with E-state index in [1.165, 1.54) is 35.7 Å². The summed E-state index contributed by atoms with van der Waals surface area (Å²) in [5.74, 6) is -0.165. The van der Waals surface area contributed by atoms with Crippen molar-refractivity contribution in [3.8, 4) is 5.88 Å². The maximum atomic E-state index is 14.5. The smallest absolute Gasteiger partial charge is 0.328 e. The van der Waals surface area contributed by atoms with Crippen LogP contribution in [0.3, 0.4) is 0 Å². The number of methoxy groups -OCH3 is 1. The van der Waals surface area contributed by atoms with Gasteiger partial charge in [0.15, 0.2) is 13.4 Å². The van der Waals surface area contributed by atoms with Gasteiger partial charge in [0.1, 0.15) is 15.9 Å². The number of benzene rings is 1. The van der Waals surface area contributed by atoms with Gasteiger partial charge in [0.05, 0.1) is 18.4 Å². The van der Waals surface area contributed by atoms with Crippen molar-refractivity contribution in [2.24, 2.45) is 0 Å². The van der Waals surface area contributed by atoms with E-state index in [2.05, 4.69) is 49.1 Å². The lowest BCUT2D eigenvalue weighted by Crippen LogP contribution is -2.44. The molecule has 17 heteroatoms. The molecule has 1 N–H and O–H groups in total. The number of thiazole rings is 1. The number of ether oxygens (including phenoxy) is 2. The molecule has 2 aliphatic heterocycles. The Labute approximate surface area is 317 Å². The van der Waals surface area contributed by atoms with Gasteiger partial charge < -0.3 is 18.8 Å². The van der Waals surface area contributed by atoms with E-state index >= 15 is 0 Å². The molecule has 2 aromatic heterocycles. The van der Waals surface area contributed by atoms with E-state index in [0.29, 0.717) is 52.1 Å². The molecule has 3 amide bonds. The first-order valence-corrected chi connectivity index (χ1v) is 22.9. The molecule has 1 saturated heterocycles. The molecule has 3 aromatic rings. The number of aromatic nitrogens is 2. The number of carbonyl (C=O) groups excluding carboxylic acids is 3. The van der Waals surface area contributed by atoms with E-state index in [-0.39, 0.29) is 48.5 Å². The Balaban J connectivity index is 1.47. The topological polar surface area (TPSA) is 161 Å². The summed E-state index contributed by atoms with van der Waals surface area (Å²) in [5, 5.41) is 3.17. The van der Waals surface area contributed by atoms with E-state index in [9.17, 15) is 22.8 Å². The number of pyridine rings is 1. The Bertz CT molecular complexity index is 1990. The van der Waals surface area contributed by atoms with Crippen LogP contribution < -0.4 is 15.0 Å². The molecule has 14 nitrogen and oxygen atoms in total. The van der Waals surface area contributed by atoms with Crippen LogP contribution in [0.2, 0.25) is 18.1 Å². The summed E-state index contributed by atoms with van der Waals surface area (Å²) in [4.78, 5) is 52.0. The van der Waals surface area contributed by atoms with Gasteiger partial charge in [0.25, 0.3) is 0 Å². The minimum absolute atomic E-state index is 0.0295. The van der Waals surface area contributed by atoms with Gasteiger partial charge in [-0.3, -0.25) is 19.8 Å². The SMILES string of the molecule is COc1ccc2nc(NC(=O)N3CC4(CCN(C(C)=O)C4)c4cc(S(=O)(=O)N(CCO[Si](C)(C)C(C)(C)C)CCC(=O)OC(C)(C)C)ccc43)sc2n1. The Morgan fingerprint density at radius 1 is 1.04 bits per heavy atom. The van der Waals surface area contributed by atoms with Gasteiger partial charge in [-0.25, -0.2) is 23.2 Å². The lowest BCUT2D eigenvalue weighted by molar-refractivity contribution is -0.154. The zero-order valence-corrected chi connectivity index (χ0v) is 35.0. The Kier molecular flexibility index (Phi) is 11.4. The summed E-state index contributed by atoms with van der Waals surface area (Å²) in [6.45, 7) is 18.5. The number of nitrogens with one attached hydrogen (secondary N) is 1. The molecule has 0 radical (unpaired) electrons. The average molecular weight is 789 g/mol. The van der Waals surface area contributed by atoms with E-state index in [0.717, 1.165) is 0 Å². The predicted molar refractivity (Wildman–Crippen MR) is 208 cm³/mol. The minimum atomic E-state index is -4.16. The van der Waals surface area contributed by atoms with Crippen molar-refractivity contribution < 1.29 is 36.7 Å². The number of urea groups is 1. The normalized spacial score (nSPS) is 17.9. The first-order chi connectivity index (χ1) is 24.5. The lowest BCUT2D eigenvalue weighted by atomic mass is 9.81. The quantitative estimate of drug-likeness (QED) is 0.181. The Morgan fingerprint density at radius 3 is 2.38 bits per heavy atom. The van der Waals surface area contributed by atoms with Crippen LogP contribution in [-0.2, 0) is 34.2 Å². The number of sulfonamides is 1. The average Bonchev–Trinajstić information content (AvgIpc) is 3.76. The first kappa shape index (κ1) is 40.5. The number of fused-ring (bicyclic) bond motifs is 3. The molecule has 0 bridgehead atoms. The summed E-state index contributed by atoms with van der Waals surface area (Å²) < 4.78 is 47.3. The predicted octanol–water partition coefficient (Wildman–Crippen LogP) is 5.99. The summed E-state index contributed by atoms with van der Waals surface area (Å²) in [6.07, 6.45) is 0.404. The third-order valence-electron chi connectivity index (χ3n) is 10.2. The second-order valence-electron chi connectivity index (χ2n) is 16.2. The van der Waals surface area contributed by atoms with Crippen molar-refractivity contribution in [3.63, 3.8) is 0 Å². The molecule has 0 saturated carbocycles. The molecule has 290 valence electrons. The zero-order valence-electron chi connectivity index (χ0n) is 32.4. The molecule has 4 heterocycles. The second kappa shape index (κ2) is 14.9. The molecule has 5 rings (SSSR count). The maximum Gasteiger partial charge on any atom is 0.328 e. The molecule has 53 heavy (non-hydrogen) atoms. The lowest BCUT2D eigenvalue weighted by Gasteiger charge is -2.36. The molecule has 1 fully saturated rings. The van der Waals surface area contributed by atoms with Gasteiger partial charge in [0, 0.05) is 63.4 Å². The second-order valence-corrected chi connectivity index (χ2v) is 23.9. The van der Waals surface area contributed by atoms with E-state index < -0.39 is 41.4 Å². The third kappa shape index (κ3) is 8.85. The van der Waals surface area contributed by atoms with Crippen LogP contribution >= 0.6 is 11.3 Å². The first-order valence-electron chi connectivity index (χ1n) is 17.7. The highest BCUT2D eigenvalue weighted by Gasteiger charge is 2.50. The van der Waals surface area contributed by atoms with Crippen molar-refractivity contribution in [1.82, 2.24) is 19.2 Å². The number of amides is 3. The van der Waals surface area contributed by atoms with Crippen LogP contribution in [0.1, 0.15) is 66.9 Å². The number of rotatable bonds is 11. The van der Waals surface area contributed by atoms with Crippen molar-refractivity contribution in [3.05, 3.63) is 35.9 Å². The van der Waals surface area contributed by atoms with Crippen LogP contribution in [0.15, 0.2) is 35.2 Å². The van der Waals surface area contributed by atoms with Crippen LogP contribution in [0.4, 0.5) is 15.6 Å². The molecule has 1 spiro atoms. The van der Waals surface area contributed by atoms with Gasteiger partial charge in [-0.1, -0.05) is 32.1 Å². The maximum absolute atomic E-state index is 14.5. The van der Waals surface area contributed by atoms with Crippen LogP contribution in [0.5, 0.6) is 5.88 Å². The fourth-order valence-electron chi connectivity index (χ4n) is 6.34. The van der Waals surface area contributed by atoms with E-state index in [1.54, 1.807) is 54.8 Å². The Hall–Kier alpha value is -3.64. The summed E-state index contributed by atoms with van der Waals surface area (Å²) >= 11 is 1.21. The highest BCUT2D eigenvalue weighted by atomic mass is 32.2. The number of nitrogens with zero attached hydrogens (tertiary/aromatic N) is 5. The zero-order chi connectivity index (χ0) is 39.1. The van der Waals surface area contributed by atoms with Crippen LogP contribution in [0.25, 0.3) is 10.3 Å². The molecule has 2 aliphatic rings. The van der Waals surface area contributed by atoms with Gasteiger partial charge in [0.2, 0.25) is 21.8 Å². The standard InChI is InChI=1S/C36H52N6O8S2Si/c1-24(43)40-18-16-36(22-40)23-42(33(45)39-32-37-27-12-14-29(48-8)38-31(27)51-32)28-13-11-25(21-26(28)36)52(46,47)41(17-15-30(44)50-34(2,3)4)19-20-49-53(9,10)35(5,6)7/h11-14,21H,15-20,22-23H2,1-10H3,(H,37,39,45). The summed E-state index contributed by atoms with van der Waals surface area (Å²) in [5.41, 5.74) is 0.412. The summed E-state index contributed by atoms with van der Waals surface area (Å²) in [7, 11) is -4.84. The van der Waals surface area contributed by atoms with E-state index in [4.69, 9.17) is 13.9 Å².